The lowest BCUT2D eigenvalue weighted by atomic mass is 10.1. The normalized spacial score (nSPS) is 15.5. The van der Waals surface area contributed by atoms with Gasteiger partial charge in [0.1, 0.15) is 0 Å². The molecule has 1 heterocycles. The summed E-state index contributed by atoms with van der Waals surface area (Å²) in [6.45, 7) is 7.10. The highest BCUT2D eigenvalue weighted by Crippen LogP contribution is 2.32. The van der Waals surface area contributed by atoms with Crippen molar-refractivity contribution in [1.29, 1.82) is 0 Å². The summed E-state index contributed by atoms with van der Waals surface area (Å²) in [7, 11) is 0. The van der Waals surface area contributed by atoms with Crippen molar-refractivity contribution in [2.24, 2.45) is 5.73 Å². The monoisotopic (exact) mass is 320 g/mol. The molecule has 2 atom stereocenters. The second kappa shape index (κ2) is 6.85. The van der Waals surface area contributed by atoms with Crippen LogP contribution in [-0.2, 0) is 0 Å². The van der Waals surface area contributed by atoms with Gasteiger partial charge in [-0.05, 0) is 42.8 Å². The fourth-order valence-electron chi connectivity index (χ4n) is 2.04. The maximum absolute atomic E-state index is 9.18. The van der Waals surface area contributed by atoms with Crippen LogP contribution in [0.4, 0.5) is 0 Å². The molecule has 3 N–H and O–H groups in total. The zero-order valence-electron chi connectivity index (χ0n) is 10.6. The SMILES string of the molecule is CC(N)C(c1cc(Br)cs1)N(CCO)C(C)C. The molecule has 0 aliphatic rings. The van der Waals surface area contributed by atoms with Gasteiger partial charge in [0.15, 0.2) is 0 Å². The molecule has 0 aliphatic carbocycles. The molecular weight excluding hydrogens is 300 g/mol. The Morgan fingerprint density at radius 1 is 1.47 bits per heavy atom. The summed E-state index contributed by atoms with van der Waals surface area (Å²) < 4.78 is 1.09. The van der Waals surface area contributed by atoms with Crippen LogP contribution in [0.25, 0.3) is 0 Å². The first-order chi connectivity index (χ1) is 7.97. The molecule has 0 aromatic carbocycles. The Balaban J connectivity index is 2.98. The van der Waals surface area contributed by atoms with Crippen molar-refractivity contribution in [3.05, 3.63) is 20.8 Å². The number of nitrogens with two attached hydrogens (primary N) is 1. The van der Waals surface area contributed by atoms with Gasteiger partial charge in [-0.15, -0.1) is 11.3 Å². The molecule has 0 amide bonds. The molecule has 0 spiro atoms. The molecule has 0 saturated heterocycles. The Hall–Kier alpha value is 0.0600. The highest BCUT2D eigenvalue weighted by atomic mass is 79.9. The van der Waals surface area contributed by atoms with Gasteiger partial charge in [0.2, 0.25) is 0 Å². The van der Waals surface area contributed by atoms with Crippen LogP contribution in [0.3, 0.4) is 0 Å². The van der Waals surface area contributed by atoms with Crippen LogP contribution in [-0.4, -0.2) is 35.2 Å². The predicted octanol–water partition coefficient (Wildman–Crippen LogP) is 2.60. The van der Waals surface area contributed by atoms with Crippen LogP contribution in [0.15, 0.2) is 15.9 Å². The lowest BCUT2D eigenvalue weighted by Gasteiger charge is -2.36. The van der Waals surface area contributed by atoms with Crippen LogP contribution in [0, 0.1) is 0 Å². The topological polar surface area (TPSA) is 49.5 Å². The summed E-state index contributed by atoms with van der Waals surface area (Å²) in [5.41, 5.74) is 6.11. The third-order valence-corrected chi connectivity index (χ3v) is 4.52. The second-order valence-corrected chi connectivity index (χ2v) is 6.38. The summed E-state index contributed by atoms with van der Waals surface area (Å²) >= 11 is 5.18. The van der Waals surface area contributed by atoms with Gasteiger partial charge >= 0.3 is 0 Å². The van der Waals surface area contributed by atoms with Crippen LogP contribution in [0.5, 0.6) is 0 Å². The van der Waals surface area contributed by atoms with Crippen molar-refractivity contribution in [2.45, 2.75) is 38.9 Å². The second-order valence-electron chi connectivity index (χ2n) is 4.53. The van der Waals surface area contributed by atoms with E-state index >= 15 is 0 Å². The van der Waals surface area contributed by atoms with E-state index in [1.807, 2.05) is 6.92 Å². The Kier molecular flexibility index (Phi) is 6.09. The molecule has 0 fully saturated rings. The minimum absolute atomic E-state index is 0.0366. The first kappa shape index (κ1) is 15.1. The summed E-state index contributed by atoms with van der Waals surface area (Å²) in [6.07, 6.45) is 0. The molecule has 17 heavy (non-hydrogen) atoms. The number of hydrogen-bond acceptors (Lipinski definition) is 4. The Morgan fingerprint density at radius 3 is 2.47 bits per heavy atom. The summed E-state index contributed by atoms with van der Waals surface area (Å²) in [6, 6.07) is 2.68. The summed E-state index contributed by atoms with van der Waals surface area (Å²) in [5.74, 6) is 0. The van der Waals surface area contributed by atoms with Gasteiger partial charge in [0.05, 0.1) is 12.6 Å². The Bertz CT molecular complexity index is 341. The molecule has 2 unspecified atom stereocenters. The van der Waals surface area contributed by atoms with E-state index < -0.39 is 0 Å². The van der Waals surface area contributed by atoms with Crippen molar-refractivity contribution in [3.63, 3.8) is 0 Å². The third-order valence-electron chi connectivity index (χ3n) is 2.76. The van der Waals surface area contributed by atoms with Gasteiger partial charge in [-0.1, -0.05) is 0 Å². The van der Waals surface area contributed by atoms with E-state index in [1.165, 1.54) is 4.88 Å². The molecule has 1 aromatic heterocycles. The van der Waals surface area contributed by atoms with Crippen molar-refractivity contribution < 1.29 is 5.11 Å². The molecule has 1 rings (SSSR count). The van der Waals surface area contributed by atoms with Crippen LogP contribution >= 0.6 is 27.3 Å². The van der Waals surface area contributed by atoms with Crippen molar-refractivity contribution in [2.75, 3.05) is 13.2 Å². The average molecular weight is 321 g/mol. The van der Waals surface area contributed by atoms with Crippen molar-refractivity contribution in [1.82, 2.24) is 4.90 Å². The minimum atomic E-state index is 0.0366. The van der Waals surface area contributed by atoms with E-state index in [9.17, 15) is 5.11 Å². The van der Waals surface area contributed by atoms with Gasteiger partial charge < -0.3 is 10.8 Å². The molecule has 0 bridgehead atoms. The quantitative estimate of drug-likeness (QED) is 0.847. The van der Waals surface area contributed by atoms with Crippen molar-refractivity contribution in [3.8, 4) is 0 Å². The van der Waals surface area contributed by atoms with Gasteiger partial charge in [-0.3, -0.25) is 4.90 Å². The van der Waals surface area contributed by atoms with Crippen LogP contribution < -0.4 is 5.73 Å². The number of hydrogen-bond donors (Lipinski definition) is 2. The van der Waals surface area contributed by atoms with E-state index in [0.717, 1.165) is 4.47 Å². The van der Waals surface area contributed by atoms with E-state index in [2.05, 4.69) is 46.1 Å². The lowest BCUT2D eigenvalue weighted by molar-refractivity contribution is 0.107. The summed E-state index contributed by atoms with van der Waals surface area (Å²) in [5, 5.41) is 11.3. The minimum Gasteiger partial charge on any atom is -0.395 e. The number of aliphatic hydroxyl groups excluding tert-OH is 1. The third kappa shape index (κ3) is 4.03. The van der Waals surface area contributed by atoms with Gasteiger partial charge in [-0.2, -0.15) is 0 Å². The fraction of sp³-hybridized carbons (Fsp3) is 0.667. The number of nitrogens with zero attached hydrogens (tertiary/aromatic N) is 1. The molecule has 5 heteroatoms. The highest BCUT2D eigenvalue weighted by Gasteiger charge is 2.26. The van der Waals surface area contributed by atoms with Gasteiger partial charge in [0, 0.05) is 33.4 Å². The fourth-order valence-corrected chi connectivity index (χ4v) is 3.72. The first-order valence-electron chi connectivity index (χ1n) is 5.83. The van der Waals surface area contributed by atoms with Crippen LogP contribution in [0.2, 0.25) is 0 Å². The molecule has 0 saturated carbocycles. The van der Waals surface area contributed by atoms with Gasteiger partial charge in [0.25, 0.3) is 0 Å². The van der Waals surface area contributed by atoms with E-state index in [4.69, 9.17) is 5.73 Å². The number of thiophene rings is 1. The largest absolute Gasteiger partial charge is 0.395 e. The van der Waals surface area contributed by atoms with E-state index in [1.54, 1.807) is 11.3 Å². The summed E-state index contributed by atoms with van der Waals surface area (Å²) in [4.78, 5) is 3.50. The molecule has 0 aliphatic heterocycles. The first-order valence-corrected chi connectivity index (χ1v) is 7.50. The maximum atomic E-state index is 9.18. The predicted molar refractivity (Wildman–Crippen MR) is 77.3 cm³/mol. The number of rotatable bonds is 6. The average Bonchev–Trinajstić information content (AvgIpc) is 2.63. The molecule has 98 valence electrons. The van der Waals surface area contributed by atoms with Crippen LogP contribution in [0.1, 0.15) is 31.7 Å². The standard InChI is InChI=1S/C12H21BrN2OS/c1-8(2)15(4-5-16)12(9(3)14)11-6-10(13)7-17-11/h6-9,12,16H,4-5,14H2,1-3H3. The number of aliphatic hydroxyl groups is 1. The number of halogens is 1. The zero-order chi connectivity index (χ0) is 13.0. The molecule has 1 aromatic rings. The van der Waals surface area contributed by atoms with Gasteiger partial charge in [-0.25, -0.2) is 0 Å². The van der Waals surface area contributed by atoms with E-state index in [0.29, 0.717) is 12.6 Å². The van der Waals surface area contributed by atoms with Crippen molar-refractivity contribution >= 4 is 27.3 Å². The zero-order valence-corrected chi connectivity index (χ0v) is 13.0. The van der Waals surface area contributed by atoms with E-state index in [-0.39, 0.29) is 18.7 Å². The Morgan fingerprint density at radius 2 is 2.12 bits per heavy atom. The molecule has 0 radical (unpaired) electrons. The Labute approximate surface area is 116 Å². The highest BCUT2D eigenvalue weighted by molar-refractivity contribution is 9.10. The molecular formula is C12H21BrN2OS. The lowest BCUT2D eigenvalue weighted by Crippen LogP contribution is -2.44. The molecule has 3 nitrogen and oxygen atoms in total. The smallest absolute Gasteiger partial charge is 0.0594 e. The maximum Gasteiger partial charge on any atom is 0.0594 e.